The van der Waals surface area contributed by atoms with Crippen molar-refractivity contribution in [2.75, 3.05) is 17.4 Å². The summed E-state index contributed by atoms with van der Waals surface area (Å²) in [7, 11) is -4.00. The second-order valence-electron chi connectivity index (χ2n) is 11.3. The summed E-state index contributed by atoms with van der Waals surface area (Å²) in [5.41, 5.74) is 0.388. The minimum absolute atomic E-state index is 0.0280. The maximum atomic E-state index is 13.8. The number of nitrogens with one attached hydrogen (secondary N) is 2. The Morgan fingerprint density at radius 2 is 1.69 bits per heavy atom. The number of hydrogen-bond donors (Lipinski definition) is 2. The Balaban J connectivity index is 1.70. The third-order valence-corrected chi connectivity index (χ3v) is 9.64. The topological polar surface area (TPSA) is 95.6 Å². The van der Waals surface area contributed by atoms with Gasteiger partial charge in [0.05, 0.1) is 17.1 Å². The molecule has 9 heteroatoms. The molecule has 1 unspecified atom stereocenters. The lowest BCUT2D eigenvalue weighted by Gasteiger charge is -2.32. The SMILES string of the molecule is CC1(C)C/C=C/CN(c2ccc(Cl)cc2)S(=O)(=O)c2cccc(c2)C(=O)NCC(C2CCCCC2)NC(=O)C1. The third-order valence-electron chi connectivity index (χ3n) is 7.59. The van der Waals surface area contributed by atoms with Gasteiger partial charge in [0.15, 0.2) is 0 Å². The summed E-state index contributed by atoms with van der Waals surface area (Å²) >= 11 is 6.06. The number of amides is 2. The van der Waals surface area contributed by atoms with Crippen LogP contribution >= 0.6 is 11.6 Å². The van der Waals surface area contributed by atoms with E-state index in [4.69, 9.17) is 11.6 Å². The van der Waals surface area contributed by atoms with Gasteiger partial charge in [0, 0.05) is 29.6 Å². The van der Waals surface area contributed by atoms with E-state index in [1.807, 2.05) is 26.0 Å². The number of benzene rings is 2. The van der Waals surface area contributed by atoms with E-state index in [2.05, 4.69) is 10.6 Å². The number of anilines is 1. The maximum Gasteiger partial charge on any atom is 0.264 e. The molecule has 4 rings (SSSR count). The van der Waals surface area contributed by atoms with Crippen LogP contribution in [0.3, 0.4) is 0 Å². The number of carbonyl (C=O) groups excluding carboxylic acids is 2. The van der Waals surface area contributed by atoms with Gasteiger partial charge in [-0.05, 0) is 73.1 Å². The number of nitrogens with zero attached hydrogens (tertiary/aromatic N) is 1. The molecule has 1 aliphatic heterocycles. The van der Waals surface area contributed by atoms with E-state index in [0.717, 1.165) is 25.7 Å². The lowest BCUT2D eigenvalue weighted by molar-refractivity contribution is -0.124. The number of carbonyl (C=O) groups is 2. The summed E-state index contributed by atoms with van der Waals surface area (Å²) in [6.07, 6.45) is 10.1. The zero-order valence-corrected chi connectivity index (χ0v) is 24.2. The Morgan fingerprint density at radius 3 is 2.41 bits per heavy atom. The van der Waals surface area contributed by atoms with E-state index >= 15 is 0 Å². The summed E-state index contributed by atoms with van der Waals surface area (Å²) < 4.78 is 29.0. The fraction of sp³-hybridized carbons (Fsp3) is 0.467. The summed E-state index contributed by atoms with van der Waals surface area (Å²) in [5.74, 6) is -0.104. The van der Waals surface area contributed by atoms with Crippen LogP contribution in [0.4, 0.5) is 5.69 Å². The van der Waals surface area contributed by atoms with Gasteiger partial charge < -0.3 is 10.6 Å². The molecule has 39 heavy (non-hydrogen) atoms. The number of sulfonamides is 1. The highest BCUT2D eigenvalue weighted by atomic mass is 35.5. The Kier molecular flexibility index (Phi) is 9.39. The summed E-state index contributed by atoms with van der Waals surface area (Å²) in [5, 5.41) is 6.68. The fourth-order valence-electron chi connectivity index (χ4n) is 5.39. The molecule has 7 nitrogen and oxygen atoms in total. The lowest BCUT2D eigenvalue weighted by atomic mass is 9.82. The van der Waals surface area contributed by atoms with Crippen molar-refractivity contribution in [1.82, 2.24) is 10.6 Å². The van der Waals surface area contributed by atoms with E-state index in [9.17, 15) is 18.0 Å². The van der Waals surface area contributed by atoms with Gasteiger partial charge in [-0.1, -0.05) is 62.9 Å². The first kappa shape index (κ1) is 29.2. The Bertz CT molecular complexity index is 1300. The van der Waals surface area contributed by atoms with Crippen LogP contribution in [0.5, 0.6) is 0 Å². The standard InChI is InChI=1S/C30H38ClN3O4S/c1-30(2)17-6-7-18-34(25-15-13-24(31)14-16-25)39(37,38)26-12-8-11-23(19-26)29(36)32-21-27(33-28(35)20-30)22-9-4-3-5-10-22/h6-8,11-16,19,22,27H,3-5,9-10,17-18,20-21H2,1-2H3,(H,32,36)(H,33,35)/b7-6+. The van der Waals surface area contributed by atoms with Crippen LogP contribution in [-0.4, -0.2) is 39.4 Å². The highest BCUT2D eigenvalue weighted by molar-refractivity contribution is 7.92. The summed E-state index contributed by atoms with van der Waals surface area (Å²) in [6, 6.07) is 12.5. The predicted molar refractivity (Wildman–Crippen MR) is 155 cm³/mol. The highest BCUT2D eigenvalue weighted by Gasteiger charge is 2.29. The lowest BCUT2D eigenvalue weighted by Crippen LogP contribution is -2.49. The second-order valence-corrected chi connectivity index (χ2v) is 13.6. The molecular weight excluding hydrogens is 534 g/mol. The molecule has 1 aliphatic carbocycles. The molecule has 0 radical (unpaired) electrons. The smallest absolute Gasteiger partial charge is 0.264 e. The van der Waals surface area contributed by atoms with Gasteiger partial charge in [-0.15, -0.1) is 0 Å². The first-order valence-electron chi connectivity index (χ1n) is 13.7. The van der Waals surface area contributed by atoms with Crippen molar-refractivity contribution in [3.8, 4) is 0 Å². The number of halogens is 1. The van der Waals surface area contributed by atoms with Gasteiger partial charge >= 0.3 is 0 Å². The average Bonchev–Trinajstić information content (AvgIpc) is 2.91. The van der Waals surface area contributed by atoms with Crippen LogP contribution in [0.15, 0.2) is 65.6 Å². The van der Waals surface area contributed by atoms with E-state index in [1.54, 1.807) is 36.4 Å². The van der Waals surface area contributed by atoms with Gasteiger partial charge in [0.1, 0.15) is 0 Å². The van der Waals surface area contributed by atoms with Crippen molar-refractivity contribution >= 4 is 39.1 Å². The molecule has 1 atom stereocenters. The quantitative estimate of drug-likeness (QED) is 0.452. The molecule has 0 spiro atoms. The molecule has 2 aromatic rings. The molecule has 1 saturated carbocycles. The first-order valence-corrected chi connectivity index (χ1v) is 15.5. The minimum Gasteiger partial charge on any atom is -0.351 e. The minimum atomic E-state index is -4.00. The van der Waals surface area contributed by atoms with Crippen molar-refractivity contribution < 1.29 is 18.0 Å². The highest BCUT2D eigenvalue weighted by Crippen LogP contribution is 2.30. The van der Waals surface area contributed by atoms with Crippen LogP contribution in [0, 0.1) is 11.3 Å². The molecule has 0 saturated heterocycles. The molecule has 0 aromatic heterocycles. The summed E-state index contributed by atoms with van der Waals surface area (Å²) in [4.78, 5) is 26.3. The van der Waals surface area contributed by atoms with Crippen LogP contribution in [0.1, 0.15) is 69.2 Å². The monoisotopic (exact) mass is 571 g/mol. The normalized spacial score (nSPS) is 23.8. The molecule has 2 N–H and O–H groups in total. The molecule has 210 valence electrons. The van der Waals surface area contributed by atoms with Crippen molar-refractivity contribution in [1.29, 1.82) is 0 Å². The second kappa shape index (κ2) is 12.6. The summed E-state index contributed by atoms with van der Waals surface area (Å²) in [6.45, 7) is 4.44. The van der Waals surface area contributed by atoms with Crippen LogP contribution in [-0.2, 0) is 14.8 Å². The number of rotatable bonds is 2. The molecule has 1 heterocycles. The van der Waals surface area contributed by atoms with Crippen LogP contribution < -0.4 is 14.9 Å². The van der Waals surface area contributed by atoms with E-state index in [-0.39, 0.29) is 40.3 Å². The number of allylic oxidation sites excluding steroid dienone is 1. The maximum absolute atomic E-state index is 13.8. The van der Waals surface area contributed by atoms with Crippen LogP contribution in [0.2, 0.25) is 5.02 Å². The van der Waals surface area contributed by atoms with Gasteiger partial charge in [-0.2, -0.15) is 0 Å². The van der Waals surface area contributed by atoms with Gasteiger partial charge in [-0.3, -0.25) is 13.9 Å². The third kappa shape index (κ3) is 7.63. The van der Waals surface area contributed by atoms with Crippen LogP contribution in [0.25, 0.3) is 0 Å². The van der Waals surface area contributed by atoms with E-state index < -0.39 is 10.0 Å². The fourth-order valence-corrected chi connectivity index (χ4v) is 6.98. The number of fused-ring (bicyclic) bond motifs is 2. The van der Waals surface area contributed by atoms with E-state index in [1.165, 1.54) is 22.9 Å². The first-order chi connectivity index (χ1) is 18.5. The van der Waals surface area contributed by atoms with Crippen molar-refractivity contribution in [2.45, 2.75) is 69.7 Å². The van der Waals surface area contributed by atoms with E-state index in [0.29, 0.717) is 36.0 Å². The zero-order chi connectivity index (χ0) is 28.0. The molecule has 2 aliphatic rings. The van der Waals surface area contributed by atoms with Crippen molar-refractivity contribution in [2.24, 2.45) is 11.3 Å². The number of hydrogen-bond acceptors (Lipinski definition) is 4. The Morgan fingerprint density at radius 1 is 0.974 bits per heavy atom. The molecule has 2 bridgehead atoms. The average molecular weight is 572 g/mol. The zero-order valence-electron chi connectivity index (χ0n) is 22.7. The largest absolute Gasteiger partial charge is 0.351 e. The Labute approximate surface area is 237 Å². The molecule has 2 aromatic carbocycles. The van der Waals surface area contributed by atoms with Gasteiger partial charge in [0.25, 0.3) is 15.9 Å². The van der Waals surface area contributed by atoms with Gasteiger partial charge in [-0.25, -0.2) is 8.42 Å². The van der Waals surface area contributed by atoms with Crippen molar-refractivity contribution in [3.63, 3.8) is 0 Å². The molecular formula is C30H38ClN3O4S. The predicted octanol–water partition coefficient (Wildman–Crippen LogP) is 5.71. The molecule has 1 fully saturated rings. The van der Waals surface area contributed by atoms with Gasteiger partial charge in [0.2, 0.25) is 5.91 Å². The molecule has 2 amide bonds. The Hall–Kier alpha value is -2.84. The van der Waals surface area contributed by atoms with Crippen molar-refractivity contribution in [3.05, 3.63) is 71.3 Å².